The number of nitrogens with one attached hydrogen (secondary N) is 1. The van der Waals surface area contributed by atoms with Crippen LogP contribution in [-0.4, -0.2) is 17.5 Å². The Kier molecular flexibility index (Phi) is 3.33. The van der Waals surface area contributed by atoms with Gasteiger partial charge in [-0.15, -0.1) is 0 Å². The summed E-state index contributed by atoms with van der Waals surface area (Å²) in [6, 6.07) is 0.214. The summed E-state index contributed by atoms with van der Waals surface area (Å²) in [5.41, 5.74) is 6.35. The quantitative estimate of drug-likeness (QED) is 0.821. The molecule has 0 aliphatic heterocycles. The monoisotopic (exact) mass is 290 g/mol. The highest BCUT2D eigenvalue weighted by Gasteiger charge is 2.52. The highest BCUT2D eigenvalue weighted by molar-refractivity contribution is 5.80. The predicted octanol–water partition coefficient (Wildman–Crippen LogP) is 2.83. The van der Waals surface area contributed by atoms with Gasteiger partial charge in [-0.1, -0.05) is 13.3 Å². The van der Waals surface area contributed by atoms with Crippen molar-refractivity contribution in [2.45, 2.75) is 76.3 Å². The lowest BCUT2D eigenvalue weighted by Gasteiger charge is -2.57. The summed E-state index contributed by atoms with van der Waals surface area (Å²) in [5, 5.41) is 3.55. The molecule has 1 amide bonds. The third kappa shape index (κ3) is 2.42. The Balaban J connectivity index is 1.47. The number of hydrogen-bond donors (Lipinski definition) is 2. The van der Waals surface area contributed by atoms with Crippen LogP contribution < -0.4 is 11.1 Å². The fourth-order valence-electron chi connectivity index (χ4n) is 6.39. The largest absolute Gasteiger partial charge is 0.350 e. The van der Waals surface area contributed by atoms with Gasteiger partial charge in [-0.2, -0.15) is 0 Å². The molecule has 118 valence electrons. The Morgan fingerprint density at radius 1 is 1.05 bits per heavy atom. The number of carbonyl (C=O) groups excluding carboxylic acids is 1. The zero-order valence-electron chi connectivity index (χ0n) is 13.3. The van der Waals surface area contributed by atoms with Gasteiger partial charge in [0.2, 0.25) is 5.91 Å². The van der Waals surface area contributed by atoms with Gasteiger partial charge in [-0.05, 0) is 75.0 Å². The van der Waals surface area contributed by atoms with Crippen molar-refractivity contribution >= 4 is 5.91 Å². The van der Waals surface area contributed by atoms with Crippen LogP contribution in [0.4, 0.5) is 0 Å². The number of amides is 1. The summed E-state index contributed by atoms with van der Waals surface area (Å²) < 4.78 is 0. The van der Waals surface area contributed by atoms with Crippen LogP contribution >= 0.6 is 0 Å². The molecule has 5 aliphatic rings. The SMILES string of the molecule is CC1C(N)CCCC1C(=O)NC12CC3CC(CC(C3)C1)C2. The van der Waals surface area contributed by atoms with E-state index < -0.39 is 0 Å². The first-order valence-electron chi connectivity index (χ1n) is 9.12. The lowest BCUT2D eigenvalue weighted by Crippen LogP contribution is -2.61. The fraction of sp³-hybridized carbons (Fsp3) is 0.944. The highest BCUT2D eigenvalue weighted by atomic mass is 16.2. The minimum absolute atomic E-state index is 0.154. The van der Waals surface area contributed by atoms with E-state index >= 15 is 0 Å². The van der Waals surface area contributed by atoms with Crippen molar-refractivity contribution in [2.24, 2.45) is 35.3 Å². The predicted molar refractivity (Wildman–Crippen MR) is 83.5 cm³/mol. The maximum atomic E-state index is 12.9. The van der Waals surface area contributed by atoms with Gasteiger partial charge in [0.05, 0.1) is 0 Å². The number of carbonyl (C=O) groups is 1. The Morgan fingerprint density at radius 2 is 1.62 bits per heavy atom. The minimum atomic E-state index is 0.154. The van der Waals surface area contributed by atoms with Crippen molar-refractivity contribution in [1.82, 2.24) is 5.32 Å². The Morgan fingerprint density at radius 3 is 2.19 bits per heavy atom. The summed E-state index contributed by atoms with van der Waals surface area (Å²) in [7, 11) is 0. The Labute approximate surface area is 128 Å². The van der Waals surface area contributed by atoms with Gasteiger partial charge in [0.25, 0.3) is 0 Å². The van der Waals surface area contributed by atoms with Gasteiger partial charge >= 0.3 is 0 Å². The molecule has 21 heavy (non-hydrogen) atoms. The molecule has 0 aromatic heterocycles. The first-order valence-corrected chi connectivity index (χ1v) is 9.12. The molecular formula is C18H30N2O. The summed E-state index contributed by atoms with van der Waals surface area (Å²) >= 11 is 0. The van der Waals surface area contributed by atoms with Gasteiger partial charge in [0.15, 0.2) is 0 Å². The molecule has 5 rings (SSSR count). The van der Waals surface area contributed by atoms with Crippen LogP contribution in [0.5, 0.6) is 0 Å². The second kappa shape index (κ2) is 4.97. The topological polar surface area (TPSA) is 55.1 Å². The van der Waals surface area contributed by atoms with E-state index in [0.717, 1.165) is 37.0 Å². The molecule has 3 atom stereocenters. The first-order chi connectivity index (χ1) is 10.0. The molecule has 0 aromatic carbocycles. The number of hydrogen-bond acceptors (Lipinski definition) is 2. The Bertz CT molecular complexity index is 398. The van der Waals surface area contributed by atoms with Crippen LogP contribution in [0.3, 0.4) is 0 Å². The van der Waals surface area contributed by atoms with E-state index in [1.54, 1.807) is 0 Å². The van der Waals surface area contributed by atoms with Crippen molar-refractivity contribution < 1.29 is 4.79 Å². The smallest absolute Gasteiger partial charge is 0.223 e. The molecular weight excluding hydrogens is 260 g/mol. The standard InChI is InChI=1S/C18H30N2O/c1-11-15(3-2-4-16(11)19)17(21)20-18-8-12-5-13(9-18)7-14(6-12)10-18/h11-16H,2-10,19H2,1H3,(H,20,21). The molecule has 0 aromatic rings. The molecule has 5 aliphatic carbocycles. The first kappa shape index (κ1) is 14.0. The maximum absolute atomic E-state index is 12.9. The molecule has 5 fully saturated rings. The highest BCUT2D eigenvalue weighted by Crippen LogP contribution is 2.55. The van der Waals surface area contributed by atoms with Crippen LogP contribution in [0.15, 0.2) is 0 Å². The second-order valence-electron chi connectivity index (χ2n) is 8.75. The van der Waals surface area contributed by atoms with E-state index in [2.05, 4.69) is 12.2 Å². The zero-order valence-corrected chi connectivity index (χ0v) is 13.3. The molecule has 0 saturated heterocycles. The fourth-order valence-corrected chi connectivity index (χ4v) is 6.39. The molecule has 3 unspecified atom stereocenters. The van der Waals surface area contributed by atoms with E-state index in [1.807, 2.05) is 0 Å². The van der Waals surface area contributed by atoms with Crippen LogP contribution in [0.1, 0.15) is 64.7 Å². The van der Waals surface area contributed by atoms with E-state index in [0.29, 0.717) is 11.8 Å². The van der Waals surface area contributed by atoms with Crippen LogP contribution in [0.2, 0.25) is 0 Å². The summed E-state index contributed by atoms with van der Waals surface area (Å²) in [4.78, 5) is 12.9. The second-order valence-corrected chi connectivity index (χ2v) is 8.75. The lowest BCUT2D eigenvalue weighted by molar-refractivity contribution is -0.133. The van der Waals surface area contributed by atoms with Crippen LogP contribution in [-0.2, 0) is 4.79 Å². The van der Waals surface area contributed by atoms with Gasteiger partial charge in [-0.25, -0.2) is 0 Å². The van der Waals surface area contributed by atoms with Crippen molar-refractivity contribution in [1.29, 1.82) is 0 Å². The minimum Gasteiger partial charge on any atom is -0.350 e. The van der Waals surface area contributed by atoms with Crippen molar-refractivity contribution in [3.05, 3.63) is 0 Å². The molecule has 0 spiro atoms. The normalized spacial score (nSPS) is 51.9. The van der Waals surface area contributed by atoms with Crippen molar-refractivity contribution in [2.75, 3.05) is 0 Å². The molecule has 0 heterocycles. The van der Waals surface area contributed by atoms with Crippen LogP contribution in [0.25, 0.3) is 0 Å². The van der Waals surface area contributed by atoms with E-state index in [9.17, 15) is 4.79 Å². The average Bonchev–Trinajstić information content (AvgIpc) is 2.39. The summed E-state index contributed by atoms with van der Waals surface area (Å²) in [6.45, 7) is 2.17. The summed E-state index contributed by atoms with van der Waals surface area (Å²) in [6.07, 6.45) is 11.3. The molecule has 5 saturated carbocycles. The van der Waals surface area contributed by atoms with Gasteiger partial charge < -0.3 is 11.1 Å². The third-order valence-electron chi connectivity index (χ3n) is 7.13. The number of rotatable bonds is 2. The average molecular weight is 290 g/mol. The summed E-state index contributed by atoms with van der Waals surface area (Å²) in [5.74, 6) is 3.49. The zero-order chi connectivity index (χ0) is 14.6. The molecule has 3 heteroatoms. The van der Waals surface area contributed by atoms with E-state index in [1.165, 1.54) is 38.5 Å². The molecule has 4 bridgehead atoms. The lowest BCUT2D eigenvalue weighted by atomic mass is 9.53. The van der Waals surface area contributed by atoms with Gasteiger partial charge in [0.1, 0.15) is 0 Å². The van der Waals surface area contributed by atoms with Crippen molar-refractivity contribution in [3.63, 3.8) is 0 Å². The molecule has 3 nitrogen and oxygen atoms in total. The van der Waals surface area contributed by atoms with E-state index in [4.69, 9.17) is 5.73 Å². The van der Waals surface area contributed by atoms with E-state index in [-0.39, 0.29) is 17.5 Å². The van der Waals surface area contributed by atoms with Crippen LogP contribution in [0, 0.1) is 29.6 Å². The number of nitrogens with two attached hydrogens (primary N) is 1. The third-order valence-corrected chi connectivity index (χ3v) is 7.13. The van der Waals surface area contributed by atoms with Gasteiger partial charge in [0, 0.05) is 17.5 Å². The van der Waals surface area contributed by atoms with Crippen molar-refractivity contribution in [3.8, 4) is 0 Å². The van der Waals surface area contributed by atoms with Gasteiger partial charge in [-0.3, -0.25) is 4.79 Å². The maximum Gasteiger partial charge on any atom is 0.223 e. The Hall–Kier alpha value is -0.570. The molecule has 0 radical (unpaired) electrons. The molecule has 3 N–H and O–H groups in total.